The molecule has 0 bridgehead atoms. The number of carbonyl (C=O) groups is 1. The van der Waals surface area contributed by atoms with Gasteiger partial charge in [-0.05, 0) is 66.0 Å². The van der Waals surface area contributed by atoms with Gasteiger partial charge in [0.05, 0.1) is 11.4 Å². The molecule has 0 saturated carbocycles. The third-order valence-corrected chi connectivity index (χ3v) is 5.82. The molecule has 7 heteroatoms. The molecule has 0 N–H and O–H groups in total. The lowest BCUT2D eigenvalue weighted by atomic mass is 10.2. The zero-order valence-electron chi connectivity index (χ0n) is 18.4. The number of aromatic nitrogens is 3. The Balaban J connectivity index is 1.82. The summed E-state index contributed by atoms with van der Waals surface area (Å²) < 4.78 is 1.75. The molecule has 1 aliphatic heterocycles. The molecule has 3 rings (SSSR count). The van der Waals surface area contributed by atoms with Crippen molar-refractivity contribution in [2.24, 2.45) is 0 Å². The van der Waals surface area contributed by atoms with E-state index >= 15 is 0 Å². The minimum Gasteiger partial charge on any atom is -0.334 e. The molecule has 1 fully saturated rings. The number of carbonyl (C=O) groups excluding carboxylic acids is 1. The number of rotatable bonds is 8. The molecule has 1 atom stereocenters. The normalized spacial score (nSPS) is 17.2. The van der Waals surface area contributed by atoms with E-state index < -0.39 is 0 Å². The number of likely N-dealkylation sites (N-methyl/N-ethyl adjacent to an activating group) is 2. The first-order valence-corrected chi connectivity index (χ1v) is 10.6. The fourth-order valence-electron chi connectivity index (χ4n) is 3.98. The van der Waals surface area contributed by atoms with Crippen LogP contribution in [0.2, 0.25) is 0 Å². The summed E-state index contributed by atoms with van der Waals surface area (Å²) >= 11 is 0. The molecule has 0 spiro atoms. The first kappa shape index (κ1) is 21.5. The van der Waals surface area contributed by atoms with E-state index in [0.29, 0.717) is 18.3 Å². The fourth-order valence-corrected chi connectivity index (χ4v) is 3.98. The Morgan fingerprint density at radius 2 is 1.90 bits per heavy atom. The van der Waals surface area contributed by atoms with Gasteiger partial charge in [-0.3, -0.25) is 9.69 Å². The number of amides is 1. The van der Waals surface area contributed by atoms with Gasteiger partial charge in [-0.25, -0.2) is 4.68 Å². The zero-order valence-corrected chi connectivity index (χ0v) is 18.4. The molecule has 7 nitrogen and oxygen atoms in total. The van der Waals surface area contributed by atoms with Crippen LogP contribution >= 0.6 is 0 Å². The Labute approximate surface area is 174 Å². The minimum absolute atomic E-state index is 0.0225. The summed E-state index contributed by atoms with van der Waals surface area (Å²) in [5.74, 6) is -0.0225. The lowest BCUT2D eigenvalue weighted by molar-refractivity contribution is 0.0688. The van der Waals surface area contributed by atoms with Crippen molar-refractivity contribution in [1.82, 2.24) is 29.7 Å². The van der Waals surface area contributed by atoms with Crippen molar-refractivity contribution < 1.29 is 4.79 Å². The standard InChI is InChI=1S/C22H34N6O/c1-6-26-13-7-8-20(26)16-27(15-14-25(4)5)22(29)21-18(3)28(24-23-21)19-11-9-17(2)10-12-19/h9-12,20H,6-8,13-16H2,1-5H3. The summed E-state index contributed by atoms with van der Waals surface area (Å²) in [6.45, 7) is 10.6. The van der Waals surface area contributed by atoms with Crippen molar-refractivity contribution in [1.29, 1.82) is 0 Å². The van der Waals surface area contributed by atoms with Gasteiger partial charge in [0.15, 0.2) is 5.69 Å². The molecular weight excluding hydrogens is 364 g/mol. The Morgan fingerprint density at radius 1 is 1.17 bits per heavy atom. The van der Waals surface area contributed by atoms with Gasteiger partial charge in [0.25, 0.3) is 5.91 Å². The van der Waals surface area contributed by atoms with Crippen LogP contribution in [0.3, 0.4) is 0 Å². The van der Waals surface area contributed by atoms with Gasteiger partial charge >= 0.3 is 0 Å². The molecular formula is C22H34N6O. The predicted molar refractivity (Wildman–Crippen MR) is 116 cm³/mol. The molecule has 158 valence electrons. The molecule has 1 saturated heterocycles. The number of hydrogen-bond donors (Lipinski definition) is 0. The van der Waals surface area contributed by atoms with E-state index in [1.54, 1.807) is 4.68 Å². The number of likely N-dealkylation sites (tertiary alicyclic amines) is 1. The highest BCUT2D eigenvalue weighted by atomic mass is 16.2. The molecule has 1 aromatic heterocycles. The molecule has 29 heavy (non-hydrogen) atoms. The quantitative estimate of drug-likeness (QED) is 0.683. The van der Waals surface area contributed by atoms with Gasteiger partial charge in [0, 0.05) is 25.7 Å². The maximum Gasteiger partial charge on any atom is 0.276 e. The molecule has 2 aromatic rings. The van der Waals surface area contributed by atoms with E-state index in [2.05, 4.69) is 34.0 Å². The molecule has 2 heterocycles. The summed E-state index contributed by atoms with van der Waals surface area (Å²) in [4.78, 5) is 20.0. The maximum absolute atomic E-state index is 13.4. The number of hydrogen-bond acceptors (Lipinski definition) is 5. The van der Waals surface area contributed by atoms with E-state index in [0.717, 1.165) is 44.0 Å². The van der Waals surface area contributed by atoms with E-state index in [9.17, 15) is 4.79 Å². The summed E-state index contributed by atoms with van der Waals surface area (Å²) in [5.41, 5.74) is 3.35. The second kappa shape index (κ2) is 9.50. The van der Waals surface area contributed by atoms with E-state index in [4.69, 9.17) is 0 Å². The summed E-state index contributed by atoms with van der Waals surface area (Å²) in [7, 11) is 4.07. The van der Waals surface area contributed by atoms with Crippen LogP contribution in [-0.2, 0) is 0 Å². The molecule has 0 aliphatic carbocycles. The van der Waals surface area contributed by atoms with E-state index in [1.807, 2.05) is 50.2 Å². The summed E-state index contributed by atoms with van der Waals surface area (Å²) in [6, 6.07) is 8.53. The average Bonchev–Trinajstić information content (AvgIpc) is 3.31. The minimum atomic E-state index is -0.0225. The maximum atomic E-state index is 13.4. The van der Waals surface area contributed by atoms with Crippen LogP contribution in [0.4, 0.5) is 0 Å². The first-order chi connectivity index (χ1) is 13.9. The van der Waals surface area contributed by atoms with Crippen molar-refractivity contribution >= 4 is 5.91 Å². The van der Waals surface area contributed by atoms with Crippen LogP contribution < -0.4 is 0 Å². The Kier molecular flexibility index (Phi) is 7.03. The van der Waals surface area contributed by atoms with Gasteiger partial charge in [0.1, 0.15) is 0 Å². The second-order valence-electron chi connectivity index (χ2n) is 8.25. The molecule has 0 radical (unpaired) electrons. The Morgan fingerprint density at radius 3 is 2.55 bits per heavy atom. The average molecular weight is 399 g/mol. The Bertz CT molecular complexity index is 813. The lowest BCUT2D eigenvalue weighted by Crippen LogP contribution is -2.45. The van der Waals surface area contributed by atoms with Crippen LogP contribution in [0.1, 0.15) is 41.5 Å². The summed E-state index contributed by atoms with van der Waals surface area (Å²) in [5, 5.41) is 8.55. The monoisotopic (exact) mass is 398 g/mol. The fraction of sp³-hybridized carbons (Fsp3) is 0.591. The van der Waals surface area contributed by atoms with Crippen LogP contribution in [-0.4, -0.2) is 88.5 Å². The second-order valence-corrected chi connectivity index (χ2v) is 8.25. The predicted octanol–water partition coefficient (Wildman–Crippen LogP) is 2.37. The summed E-state index contributed by atoms with van der Waals surface area (Å²) in [6.07, 6.45) is 2.35. The van der Waals surface area contributed by atoms with Crippen molar-refractivity contribution in [3.05, 3.63) is 41.2 Å². The third-order valence-electron chi connectivity index (χ3n) is 5.82. The highest BCUT2D eigenvalue weighted by Gasteiger charge is 2.29. The topological polar surface area (TPSA) is 57.5 Å². The molecule has 1 unspecified atom stereocenters. The highest BCUT2D eigenvalue weighted by Crippen LogP contribution is 2.20. The number of benzene rings is 1. The molecule has 1 aromatic carbocycles. The lowest BCUT2D eigenvalue weighted by Gasteiger charge is -2.30. The van der Waals surface area contributed by atoms with Crippen LogP contribution in [0.5, 0.6) is 0 Å². The van der Waals surface area contributed by atoms with Crippen LogP contribution in [0, 0.1) is 13.8 Å². The van der Waals surface area contributed by atoms with Crippen molar-refractivity contribution in [2.45, 2.75) is 39.7 Å². The molecule has 1 amide bonds. The largest absolute Gasteiger partial charge is 0.334 e. The van der Waals surface area contributed by atoms with Crippen molar-refractivity contribution in [2.75, 3.05) is 46.8 Å². The van der Waals surface area contributed by atoms with Gasteiger partial charge in [-0.1, -0.05) is 29.8 Å². The Hall–Kier alpha value is -2.25. The van der Waals surface area contributed by atoms with E-state index in [1.165, 1.54) is 12.0 Å². The third kappa shape index (κ3) is 5.03. The number of aryl methyl sites for hydroxylation is 1. The SMILES string of the molecule is CCN1CCCC1CN(CCN(C)C)C(=O)c1nnn(-c2ccc(C)cc2)c1C. The van der Waals surface area contributed by atoms with Crippen molar-refractivity contribution in [3.63, 3.8) is 0 Å². The zero-order chi connectivity index (χ0) is 21.0. The van der Waals surface area contributed by atoms with Gasteiger partial charge in [0.2, 0.25) is 0 Å². The van der Waals surface area contributed by atoms with E-state index in [-0.39, 0.29) is 5.91 Å². The van der Waals surface area contributed by atoms with Gasteiger partial charge in [-0.2, -0.15) is 0 Å². The highest BCUT2D eigenvalue weighted by molar-refractivity contribution is 5.93. The van der Waals surface area contributed by atoms with Crippen LogP contribution in [0.25, 0.3) is 5.69 Å². The van der Waals surface area contributed by atoms with Crippen LogP contribution in [0.15, 0.2) is 24.3 Å². The van der Waals surface area contributed by atoms with Gasteiger partial charge < -0.3 is 9.80 Å². The van der Waals surface area contributed by atoms with Crippen molar-refractivity contribution in [3.8, 4) is 5.69 Å². The molecule has 1 aliphatic rings. The first-order valence-electron chi connectivity index (χ1n) is 10.6. The smallest absolute Gasteiger partial charge is 0.276 e. The number of nitrogens with zero attached hydrogens (tertiary/aromatic N) is 6. The van der Waals surface area contributed by atoms with Gasteiger partial charge in [-0.15, -0.1) is 5.10 Å².